The van der Waals surface area contributed by atoms with Crippen LogP contribution in [0.15, 0.2) is 24.7 Å². The Labute approximate surface area is 116 Å². The van der Waals surface area contributed by atoms with Crippen molar-refractivity contribution in [3.05, 3.63) is 30.4 Å². The van der Waals surface area contributed by atoms with Crippen LogP contribution in [0.5, 0.6) is 0 Å². The standard InChI is InChI=1S/C8H5F3N4.2ClH.Pt/c9-8(10,11)7-3-5(14-15-7)6-4-12-1-2-13-6;;;/h1-4H,(H,14,15);2*1H;/q;;;+2/p-2. The third-order valence-corrected chi connectivity index (χ3v) is 1.71. The maximum atomic E-state index is 12.2. The first-order chi connectivity index (χ1) is 8.49. The van der Waals surface area contributed by atoms with Crippen molar-refractivity contribution in [1.29, 1.82) is 0 Å². The van der Waals surface area contributed by atoms with Gasteiger partial charge in [0.05, 0.1) is 6.20 Å². The van der Waals surface area contributed by atoms with E-state index in [1.165, 1.54) is 18.6 Å². The molecule has 102 valence electrons. The zero-order valence-corrected chi connectivity index (χ0v) is 12.1. The zero-order valence-electron chi connectivity index (χ0n) is 8.36. The normalized spacial score (nSPS) is 10.9. The molecule has 0 radical (unpaired) electrons. The number of halogens is 5. The van der Waals surface area contributed by atoms with E-state index in [1.54, 1.807) is 0 Å². The van der Waals surface area contributed by atoms with Gasteiger partial charge in [-0.3, -0.25) is 15.1 Å². The summed E-state index contributed by atoms with van der Waals surface area (Å²) in [5, 5.41) is 5.41. The van der Waals surface area contributed by atoms with Crippen LogP contribution in [0.1, 0.15) is 5.69 Å². The van der Waals surface area contributed by atoms with E-state index in [0.717, 1.165) is 6.07 Å². The van der Waals surface area contributed by atoms with Gasteiger partial charge in [-0.2, -0.15) is 18.3 Å². The second-order valence-electron chi connectivity index (χ2n) is 2.80. The van der Waals surface area contributed by atoms with Gasteiger partial charge in [0.2, 0.25) is 0 Å². The van der Waals surface area contributed by atoms with Crippen molar-refractivity contribution in [2.75, 3.05) is 0 Å². The monoisotopic (exact) mass is 479 g/mol. The molecule has 2 aromatic rings. The van der Waals surface area contributed by atoms with Gasteiger partial charge in [0, 0.05) is 12.4 Å². The van der Waals surface area contributed by atoms with Crippen molar-refractivity contribution in [2.45, 2.75) is 6.18 Å². The molecule has 2 heterocycles. The number of alkyl halides is 3. The van der Waals surface area contributed by atoms with Gasteiger partial charge in [-0.1, -0.05) is 0 Å². The summed E-state index contributed by atoms with van der Waals surface area (Å²) in [5.74, 6) is 0. The second-order valence-corrected chi connectivity index (χ2v) is 6.08. The van der Waals surface area contributed by atoms with Crippen molar-refractivity contribution in [3.8, 4) is 11.4 Å². The maximum absolute atomic E-state index is 12.2. The van der Waals surface area contributed by atoms with Crippen molar-refractivity contribution in [2.24, 2.45) is 0 Å². The summed E-state index contributed by atoms with van der Waals surface area (Å²) >= 11 is -0.472. The van der Waals surface area contributed by atoms with Gasteiger partial charge in [0.15, 0.2) is 0 Å². The summed E-state index contributed by atoms with van der Waals surface area (Å²) in [4.78, 5) is 7.57. The Morgan fingerprint density at radius 3 is 2.28 bits per heavy atom. The Morgan fingerprint density at radius 1 is 1.17 bits per heavy atom. The molecule has 0 amide bonds. The summed E-state index contributed by atoms with van der Waals surface area (Å²) in [6, 6.07) is 0.893. The molecule has 0 fully saturated rings. The fourth-order valence-corrected chi connectivity index (χ4v) is 1.03. The molecule has 10 heteroatoms. The van der Waals surface area contributed by atoms with Crippen LogP contribution >= 0.6 is 18.8 Å². The van der Waals surface area contributed by atoms with Crippen molar-refractivity contribution in [1.82, 2.24) is 20.2 Å². The number of rotatable bonds is 1. The predicted molar refractivity (Wildman–Crippen MR) is 56.3 cm³/mol. The van der Waals surface area contributed by atoms with Crippen molar-refractivity contribution in [3.63, 3.8) is 0 Å². The molecule has 0 aliphatic rings. The molecule has 0 spiro atoms. The SMILES string of the molecule is FC(F)(F)c1cc(-c2cnccn2)n[nH]1.[Cl][Pt][Cl]. The van der Waals surface area contributed by atoms with Gasteiger partial charge >= 0.3 is 41.5 Å². The molecule has 2 rings (SSSR count). The minimum absolute atomic E-state index is 0.121. The topological polar surface area (TPSA) is 54.5 Å². The Bertz CT molecular complexity index is 477. The number of hydrogen-bond donors (Lipinski definition) is 1. The van der Waals surface area contributed by atoms with Crippen LogP contribution in [0.3, 0.4) is 0 Å². The molecule has 0 aliphatic heterocycles. The number of aromatic amines is 1. The van der Waals surface area contributed by atoms with Crippen LogP contribution in [0, 0.1) is 0 Å². The summed E-state index contributed by atoms with van der Waals surface area (Å²) < 4.78 is 36.6. The number of aromatic nitrogens is 4. The molecule has 0 aromatic carbocycles. The molecule has 0 atom stereocenters. The van der Waals surface area contributed by atoms with Gasteiger partial charge < -0.3 is 0 Å². The van der Waals surface area contributed by atoms with E-state index in [1.807, 2.05) is 5.10 Å². The van der Waals surface area contributed by atoms with Gasteiger partial charge in [-0.05, 0) is 6.07 Å². The molecule has 4 nitrogen and oxygen atoms in total. The Balaban J connectivity index is 0.000000492. The molecule has 18 heavy (non-hydrogen) atoms. The Morgan fingerprint density at radius 2 is 1.83 bits per heavy atom. The Hall–Kier alpha value is -0.652. The molecule has 2 aromatic heterocycles. The molecule has 0 aliphatic carbocycles. The van der Waals surface area contributed by atoms with E-state index in [0.29, 0.717) is 5.69 Å². The van der Waals surface area contributed by atoms with Gasteiger partial charge in [-0.15, -0.1) is 0 Å². The van der Waals surface area contributed by atoms with E-state index in [-0.39, 0.29) is 5.69 Å². The van der Waals surface area contributed by atoms with E-state index in [2.05, 4.69) is 15.1 Å². The zero-order chi connectivity index (χ0) is 13.6. The number of H-pyrrole nitrogens is 1. The fourth-order valence-electron chi connectivity index (χ4n) is 1.03. The van der Waals surface area contributed by atoms with E-state index in [4.69, 9.17) is 18.8 Å². The van der Waals surface area contributed by atoms with E-state index < -0.39 is 28.4 Å². The van der Waals surface area contributed by atoms with Crippen molar-refractivity contribution < 1.29 is 29.7 Å². The molecule has 0 unspecified atom stereocenters. The molecule has 0 saturated carbocycles. The molecular weight excluding hydrogens is 475 g/mol. The fraction of sp³-hybridized carbons (Fsp3) is 0.125. The molecular formula is C8H5Cl2F3N4Pt. The second kappa shape index (κ2) is 7.06. The Kier molecular flexibility index (Phi) is 6.05. The molecule has 0 saturated heterocycles. The van der Waals surface area contributed by atoms with Crippen LogP contribution < -0.4 is 0 Å². The average Bonchev–Trinajstić information content (AvgIpc) is 2.80. The third-order valence-electron chi connectivity index (χ3n) is 1.71. The van der Waals surface area contributed by atoms with Crippen LogP contribution in [-0.4, -0.2) is 20.2 Å². The van der Waals surface area contributed by atoms with Crippen molar-refractivity contribution >= 4 is 18.8 Å². The summed E-state index contributed by atoms with van der Waals surface area (Å²) in [6.45, 7) is 0. The number of hydrogen-bond acceptors (Lipinski definition) is 3. The number of nitrogens with one attached hydrogen (secondary N) is 1. The predicted octanol–water partition coefficient (Wildman–Crippen LogP) is 3.26. The summed E-state index contributed by atoms with van der Waals surface area (Å²) in [7, 11) is 9.75. The van der Waals surface area contributed by atoms with Crippen LogP contribution in [0.4, 0.5) is 13.2 Å². The van der Waals surface area contributed by atoms with E-state index in [9.17, 15) is 13.2 Å². The molecule has 1 N–H and O–H groups in total. The first-order valence-corrected chi connectivity index (χ1v) is 9.83. The molecule has 0 bridgehead atoms. The first-order valence-electron chi connectivity index (χ1n) is 4.20. The van der Waals surface area contributed by atoms with Crippen LogP contribution in [0.25, 0.3) is 11.4 Å². The summed E-state index contributed by atoms with van der Waals surface area (Å²) in [5.41, 5.74) is -0.483. The van der Waals surface area contributed by atoms with Gasteiger partial charge in [-0.25, -0.2) is 0 Å². The number of nitrogens with zero attached hydrogens (tertiary/aromatic N) is 3. The third kappa shape index (κ3) is 4.55. The first kappa shape index (κ1) is 15.4. The van der Waals surface area contributed by atoms with Crippen LogP contribution in [-0.2, 0) is 22.7 Å². The quantitative estimate of drug-likeness (QED) is 0.683. The minimum atomic E-state index is -4.42. The average molecular weight is 480 g/mol. The van der Waals surface area contributed by atoms with Gasteiger partial charge in [0.25, 0.3) is 0 Å². The van der Waals surface area contributed by atoms with Gasteiger partial charge in [0.1, 0.15) is 17.1 Å². The van der Waals surface area contributed by atoms with E-state index >= 15 is 0 Å². The van der Waals surface area contributed by atoms with Crippen LogP contribution in [0.2, 0.25) is 0 Å². The summed E-state index contributed by atoms with van der Waals surface area (Å²) in [6.07, 6.45) is -0.262.